The maximum atomic E-state index is 12.1. The van der Waals surface area contributed by atoms with Crippen LogP contribution in [0.25, 0.3) is 5.65 Å². The van der Waals surface area contributed by atoms with Crippen molar-refractivity contribution in [3.8, 4) is 0 Å². The fourth-order valence-electron chi connectivity index (χ4n) is 1.89. The van der Waals surface area contributed by atoms with Crippen LogP contribution < -0.4 is 0 Å². The second-order valence-electron chi connectivity index (χ2n) is 4.23. The van der Waals surface area contributed by atoms with Gasteiger partial charge >= 0.3 is 6.36 Å². The minimum atomic E-state index is -4.91. The number of hydrogen-bond donors (Lipinski definition) is 1. The van der Waals surface area contributed by atoms with E-state index in [2.05, 4.69) is 9.82 Å². The molecule has 0 aliphatic carbocycles. The summed E-state index contributed by atoms with van der Waals surface area (Å²) < 4.78 is 37.8. The Morgan fingerprint density at radius 3 is 2.73 bits per heavy atom. The molecule has 0 unspecified atom stereocenters. The minimum absolute atomic E-state index is 0.0612. The van der Waals surface area contributed by atoms with Gasteiger partial charge in [-0.25, -0.2) is 4.98 Å². The third-order valence-electron chi connectivity index (χ3n) is 2.66. The summed E-state index contributed by atoms with van der Waals surface area (Å²) in [5.41, 5.74) is 1.20. The lowest BCUT2D eigenvalue weighted by Gasteiger charge is -2.18. The maximum absolute atomic E-state index is 12.1. The van der Waals surface area contributed by atoms with E-state index in [0.29, 0.717) is 22.8 Å². The molecule has 1 N–H and O–H groups in total. The van der Waals surface area contributed by atoms with Gasteiger partial charge in [-0.3, -0.25) is 9.81 Å². The van der Waals surface area contributed by atoms with E-state index < -0.39 is 12.3 Å². The standard InChI is InChI=1S/C12H12ClF3N4O2/c1-3-8-10(11(17)21-19(2)22-12(14,15)16)20-6-7(13)4-5-9(20)18-8/h4-6,17H,3H2,1-2H3. The van der Waals surface area contributed by atoms with E-state index in [0.717, 1.165) is 7.05 Å². The van der Waals surface area contributed by atoms with Gasteiger partial charge in [-0.15, -0.1) is 13.2 Å². The van der Waals surface area contributed by atoms with Crippen LogP contribution in [0, 0.1) is 5.41 Å². The minimum Gasteiger partial charge on any atom is -0.358 e. The molecular weight excluding hydrogens is 325 g/mol. The van der Waals surface area contributed by atoms with Gasteiger partial charge in [0.25, 0.3) is 5.90 Å². The van der Waals surface area contributed by atoms with Crippen molar-refractivity contribution in [2.24, 2.45) is 0 Å². The number of hydroxylamine groups is 2. The van der Waals surface area contributed by atoms with Gasteiger partial charge in [0, 0.05) is 6.20 Å². The zero-order valence-electron chi connectivity index (χ0n) is 11.6. The highest BCUT2D eigenvalue weighted by Gasteiger charge is 2.34. The van der Waals surface area contributed by atoms with Crippen molar-refractivity contribution in [3.63, 3.8) is 0 Å². The topological polar surface area (TPSA) is 62.9 Å². The summed E-state index contributed by atoms with van der Waals surface area (Å²) in [6.07, 6.45) is -2.95. The van der Waals surface area contributed by atoms with E-state index in [1.807, 2.05) is 0 Å². The molecule has 0 atom stereocenters. The first-order chi connectivity index (χ1) is 10.2. The van der Waals surface area contributed by atoms with Crippen LogP contribution in [0.4, 0.5) is 13.2 Å². The third-order valence-corrected chi connectivity index (χ3v) is 2.88. The Morgan fingerprint density at radius 1 is 1.45 bits per heavy atom. The fraction of sp³-hybridized carbons (Fsp3) is 0.333. The van der Waals surface area contributed by atoms with Gasteiger partial charge in [0.2, 0.25) is 0 Å². The monoisotopic (exact) mass is 336 g/mol. The lowest BCUT2D eigenvalue weighted by molar-refractivity contribution is -0.471. The lowest BCUT2D eigenvalue weighted by Crippen LogP contribution is -2.31. The molecule has 0 amide bonds. The van der Waals surface area contributed by atoms with Gasteiger partial charge in [0.1, 0.15) is 11.3 Å². The van der Waals surface area contributed by atoms with E-state index in [4.69, 9.17) is 21.8 Å². The molecule has 0 saturated carbocycles. The molecule has 10 heteroatoms. The zero-order chi connectivity index (χ0) is 16.5. The number of pyridine rings is 1. The zero-order valence-corrected chi connectivity index (χ0v) is 12.4. The van der Waals surface area contributed by atoms with Gasteiger partial charge in [-0.1, -0.05) is 18.5 Å². The van der Waals surface area contributed by atoms with Crippen molar-refractivity contribution in [1.82, 2.24) is 14.6 Å². The molecule has 2 aromatic heterocycles. The van der Waals surface area contributed by atoms with Crippen LogP contribution in [0.2, 0.25) is 5.02 Å². The lowest BCUT2D eigenvalue weighted by atomic mass is 10.2. The molecule has 22 heavy (non-hydrogen) atoms. The number of alkyl halides is 3. The summed E-state index contributed by atoms with van der Waals surface area (Å²) in [6.45, 7) is 1.80. The second-order valence-corrected chi connectivity index (χ2v) is 4.67. The number of fused-ring (bicyclic) bond motifs is 1. The first-order valence-electron chi connectivity index (χ1n) is 6.14. The average molecular weight is 337 g/mol. The second kappa shape index (κ2) is 6.11. The van der Waals surface area contributed by atoms with Crippen LogP contribution in [0.1, 0.15) is 18.3 Å². The molecule has 2 heterocycles. The van der Waals surface area contributed by atoms with E-state index >= 15 is 0 Å². The smallest absolute Gasteiger partial charge is 0.358 e. The summed E-state index contributed by atoms with van der Waals surface area (Å²) in [4.78, 5) is 12.5. The van der Waals surface area contributed by atoms with Gasteiger partial charge in [-0.05, 0) is 23.8 Å². The Morgan fingerprint density at radius 2 is 2.14 bits per heavy atom. The van der Waals surface area contributed by atoms with Crippen LogP contribution in [0.5, 0.6) is 0 Å². The molecule has 2 aromatic rings. The third kappa shape index (κ3) is 3.67. The highest BCUT2D eigenvalue weighted by atomic mass is 35.5. The van der Waals surface area contributed by atoms with Crippen molar-refractivity contribution in [3.05, 3.63) is 34.7 Å². The number of rotatable bonds is 4. The predicted octanol–water partition coefficient (Wildman–Crippen LogP) is 3.19. The summed E-state index contributed by atoms with van der Waals surface area (Å²) in [5, 5.41) is 8.32. The molecule has 0 aromatic carbocycles. The normalized spacial score (nSPS) is 12.1. The number of nitrogens with one attached hydrogen (secondary N) is 1. The molecule has 0 aliphatic rings. The van der Waals surface area contributed by atoms with E-state index in [9.17, 15) is 13.2 Å². The summed E-state index contributed by atoms with van der Waals surface area (Å²) in [5.74, 6) is -0.543. The number of hydrogen-bond acceptors (Lipinski definition) is 5. The van der Waals surface area contributed by atoms with Crippen LogP contribution in [-0.4, -0.2) is 33.9 Å². The number of aryl methyl sites for hydroxylation is 1. The Balaban J connectivity index is 2.32. The van der Waals surface area contributed by atoms with Crippen molar-refractivity contribution < 1.29 is 22.8 Å². The maximum Gasteiger partial charge on any atom is 0.541 e. The number of imidazole rings is 1. The van der Waals surface area contributed by atoms with Gasteiger partial charge < -0.3 is 4.84 Å². The van der Waals surface area contributed by atoms with Crippen LogP contribution in [-0.2, 0) is 16.1 Å². The largest absolute Gasteiger partial charge is 0.541 e. The van der Waals surface area contributed by atoms with Crippen molar-refractivity contribution in [2.45, 2.75) is 19.7 Å². The number of aromatic nitrogens is 2. The molecule has 0 saturated heterocycles. The van der Waals surface area contributed by atoms with E-state index in [-0.39, 0.29) is 10.9 Å². The summed E-state index contributed by atoms with van der Waals surface area (Å²) in [6, 6.07) is 3.25. The number of halogens is 4. The van der Waals surface area contributed by atoms with Crippen molar-refractivity contribution >= 4 is 23.1 Å². The van der Waals surface area contributed by atoms with E-state index in [1.165, 1.54) is 10.6 Å². The molecule has 6 nitrogen and oxygen atoms in total. The average Bonchev–Trinajstić information content (AvgIpc) is 2.73. The van der Waals surface area contributed by atoms with Crippen LogP contribution in [0.3, 0.4) is 0 Å². The first kappa shape index (κ1) is 16.5. The fourth-order valence-corrected chi connectivity index (χ4v) is 2.05. The Labute approximate surface area is 128 Å². The quantitative estimate of drug-likeness (QED) is 0.529. The van der Waals surface area contributed by atoms with E-state index in [1.54, 1.807) is 19.1 Å². The Bertz CT molecular complexity index is 701. The molecule has 0 spiro atoms. The molecule has 0 radical (unpaired) electrons. The molecule has 2 rings (SSSR count). The molecular formula is C12H12ClF3N4O2. The van der Waals surface area contributed by atoms with Crippen LogP contribution >= 0.6 is 11.6 Å². The number of nitrogens with zero attached hydrogens (tertiary/aromatic N) is 3. The molecule has 0 fully saturated rings. The van der Waals surface area contributed by atoms with Gasteiger partial charge in [0.05, 0.1) is 17.8 Å². The first-order valence-corrected chi connectivity index (χ1v) is 6.52. The summed E-state index contributed by atoms with van der Waals surface area (Å²) >= 11 is 5.90. The summed E-state index contributed by atoms with van der Waals surface area (Å²) in [7, 11) is 0.893. The Kier molecular flexibility index (Phi) is 4.59. The molecule has 120 valence electrons. The Hall–Kier alpha value is -1.84. The SMILES string of the molecule is CCc1nc2ccc(Cl)cn2c1C(=N)ON(C)OC(F)(F)F. The highest BCUT2D eigenvalue weighted by molar-refractivity contribution is 6.30. The van der Waals surface area contributed by atoms with Crippen LogP contribution in [0.15, 0.2) is 18.3 Å². The van der Waals surface area contributed by atoms with Crippen molar-refractivity contribution in [1.29, 1.82) is 5.41 Å². The van der Waals surface area contributed by atoms with Crippen molar-refractivity contribution in [2.75, 3.05) is 7.05 Å². The highest BCUT2D eigenvalue weighted by Crippen LogP contribution is 2.21. The predicted molar refractivity (Wildman–Crippen MR) is 72.4 cm³/mol. The van der Waals surface area contributed by atoms with Gasteiger partial charge in [-0.2, -0.15) is 4.84 Å². The molecule has 0 aliphatic heterocycles. The molecule has 0 bridgehead atoms. The van der Waals surface area contributed by atoms with Gasteiger partial charge in [0.15, 0.2) is 0 Å².